The maximum absolute atomic E-state index is 11.5. The van der Waals surface area contributed by atoms with E-state index < -0.39 is 17.9 Å². The molecule has 1 saturated carbocycles. The molecule has 0 unspecified atom stereocenters. The maximum Gasteiger partial charge on any atom is 0.321 e. The number of nitrogens with one attached hydrogen (secondary N) is 2. The van der Waals surface area contributed by atoms with Gasteiger partial charge >= 0.3 is 12.0 Å². The molecule has 0 spiro atoms. The van der Waals surface area contributed by atoms with Crippen molar-refractivity contribution in [3.63, 3.8) is 0 Å². The minimum atomic E-state index is -0.948. The van der Waals surface area contributed by atoms with Gasteiger partial charge in [0.15, 0.2) is 0 Å². The predicted octanol–water partition coefficient (Wildman–Crippen LogP) is 0.884. The van der Waals surface area contributed by atoms with Crippen LogP contribution in [0.25, 0.3) is 0 Å². The number of ether oxygens (including phenoxy) is 1. The van der Waals surface area contributed by atoms with Gasteiger partial charge in [0.2, 0.25) is 5.91 Å². The normalized spacial score (nSPS) is 15.4. The molecule has 0 aromatic carbocycles. The van der Waals surface area contributed by atoms with E-state index in [0.717, 1.165) is 19.3 Å². The van der Waals surface area contributed by atoms with Gasteiger partial charge in [-0.25, -0.2) is 4.79 Å². The molecule has 7 nitrogen and oxygen atoms in total. The highest BCUT2D eigenvalue weighted by molar-refractivity contribution is 5.94. The van der Waals surface area contributed by atoms with Crippen LogP contribution in [0.3, 0.4) is 0 Å². The Morgan fingerprint density at radius 1 is 1.25 bits per heavy atom. The lowest BCUT2D eigenvalue weighted by Gasteiger charge is -2.15. The van der Waals surface area contributed by atoms with E-state index in [1.807, 2.05) is 0 Å². The number of hydrogen-bond donors (Lipinski definition) is 3. The van der Waals surface area contributed by atoms with Gasteiger partial charge < -0.3 is 15.2 Å². The molecule has 7 heteroatoms. The monoisotopic (exact) mass is 286 g/mol. The van der Waals surface area contributed by atoms with Crippen molar-refractivity contribution in [3.05, 3.63) is 0 Å². The van der Waals surface area contributed by atoms with Crippen molar-refractivity contribution in [2.75, 3.05) is 20.3 Å². The number of rotatable bonds is 9. The highest BCUT2D eigenvalue weighted by atomic mass is 16.5. The molecule has 1 rings (SSSR count). The van der Waals surface area contributed by atoms with Crippen LogP contribution in [-0.2, 0) is 14.3 Å². The van der Waals surface area contributed by atoms with Gasteiger partial charge in [0.05, 0.1) is 0 Å². The van der Waals surface area contributed by atoms with E-state index in [1.165, 1.54) is 0 Å². The summed E-state index contributed by atoms with van der Waals surface area (Å²) in [6, 6.07) is -0.519. The number of carboxylic acid groups (broad SMARTS) is 1. The Bertz CT molecular complexity index is 366. The summed E-state index contributed by atoms with van der Waals surface area (Å²) in [5.74, 6) is -1.40. The van der Waals surface area contributed by atoms with Crippen LogP contribution in [0.4, 0.5) is 4.79 Å². The summed E-state index contributed by atoms with van der Waals surface area (Å²) >= 11 is 0. The Balaban J connectivity index is 2.13. The van der Waals surface area contributed by atoms with Crippen LogP contribution in [0, 0.1) is 5.41 Å². The van der Waals surface area contributed by atoms with Crippen LogP contribution in [-0.4, -0.2) is 43.3 Å². The van der Waals surface area contributed by atoms with Gasteiger partial charge in [-0.3, -0.25) is 14.9 Å². The molecule has 0 bridgehead atoms. The summed E-state index contributed by atoms with van der Waals surface area (Å²) in [5, 5.41) is 13.3. The van der Waals surface area contributed by atoms with Gasteiger partial charge in [0, 0.05) is 33.1 Å². The molecule has 0 aromatic rings. The Kier molecular flexibility index (Phi) is 6.44. The number of imide groups is 1. The molecule has 3 N–H and O–H groups in total. The van der Waals surface area contributed by atoms with E-state index in [2.05, 4.69) is 10.6 Å². The average Bonchev–Trinajstić information content (AvgIpc) is 3.14. The van der Waals surface area contributed by atoms with Crippen molar-refractivity contribution in [2.45, 2.75) is 38.5 Å². The van der Waals surface area contributed by atoms with E-state index in [4.69, 9.17) is 9.84 Å². The molecule has 114 valence electrons. The Morgan fingerprint density at radius 3 is 2.50 bits per heavy atom. The number of carbonyl (C=O) groups excluding carboxylic acids is 2. The number of carbonyl (C=O) groups is 3. The number of carboxylic acids is 1. The van der Waals surface area contributed by atoms with Gasteiger partial charge in [-0.1, -0.05) is 0 Å². The lowest BCUT2D eigenvalue weighted by Crippen LogP contribution is -2.42. The van der Waals surface area contributed by atoms with E-state index in [1.54, 1.807) is 7.11 Å². The van der Waals surface area contributed by atoms with E-state index in [9.17, 15) is 14.4 Å². The first-order valence-electron chi connectivity index (χ1n) is 6.76. The zero-order chi connectivity index (χ0) is 15.0. The van der Waals surface area contributed by atoms with Gasteiger partial charge in [-0.05, 0) is 31.1 Å². The molecule has 1 aliphatic carbocycles. The van der Waals surface area contributed by atoms with Crippen molar-refractivity contribution in [1.29, 1.82) is 0 Å². The third-order valence-electron chi connectivity index (χ3n) is 3.46. The molecule has 0 saturated heterocycles. The molecule has 20 heavy (non-hydrogen) atoms. The Hall–Kier alpha value is -1.63. The summed E-state index contributed by atoms with van der Waals surface area (Å²) < 4.78 is 5.02. The maximum atomic E-state index is 11.5. The Morgan fingerprint density at radius 2 is 1.95 bits per heavy atom. The molecule has 3 amide bonds. The molecule has 0 atom stereocenters. The smallest absolute Gasteiger partial charge is 0.321 e. The molecule has 0 heterocycles. The fraction of sp³-hybridized carbons (Fsp3) is 0.769. The van der Waals surface area contributed by atoms with Gasteiger partial charge in [0.1, 0.15) is 0 Å². The summed E-state index contributed by atoms with van der Waals surface area (Å²) in [5.41, 5.74) is 0.125. The summed E-state index contributed by atoms with van der Waals surface area (Å²) in [7, 11) is 1.64. The van der Waals surface area contributed by atoms with E-state index in [-0.39, 0.29) is 24.7 Å². The van der Waals surface area contributed by atoms with Crippen molar-refractivity contribution in [1.82, 2.24) is 10.6 Å². The molecule has 0 radical (unpaired) electrons. The second kappa shape index (κ2) is 7.84. The fourth-order valence-corrected chi connectivity index (χ4v) is 1.91. The molecule has 1 aliphatic rings. The molecule has 0 aliphatic heterocycles. The first kappa shape index (κ1) is 16.4. The van der Waals surface area contributed by atoms with Gasteiger partial charge in [-0.2, -0.15) is 0 Å². The third-order valence-corrected chi connectivity index (χ3v) is 3.46. The van der Waals surface area contributed by atoms with Crippen LogP contribution in [0.2, 0.25) is 0 Å². The zero-order valence-corrected chi connectivity index (χ0v) is 11.7. The quantitative estimate of drug-likeness (QED) is 0.583. The summed E-state index contributed by atoms with van der Waals surface area (Å²) in [6.07, 6.45) is 3.21. The zero-order valence-electron chi connectivity index (χ0n) is 11.7. The molecule has 0 aromatic heterocycles. The highest BCUT2D eigenvalue weighted by Crippen LogP contribution is 2.48. The van der Waals surface area contributed by atoms with Gasteiger partial charge in [-0.15, -0.1) is 0 Å². The number of methoxy groups -OCH3 is 1. The lowest BCUT2D eigenvalue weighted by molar-refractivity contribution is -0.137. The predicted molar refractivity (Wildman–Crippen MR) is 71.2 cm³/mol. The standard InChI is InChI=1S/C13H22N2O5/c1-20-8-7-13(5-6-13)9-14-12(19)15-10(16)3-2-4-11(17)18/h2-9H2,1H3,(H,17,18)(H2,14,15,16,19). The fourth-order valence-electron chi connectivity index (χ4n) is 1.91. The number of urea groups is 1. The van der Waals surface area contributed by atoms with Crippen LogP contribution >= 0.6 is 0 Å². The molecular weight excluding hydrogens is 264 g/mol. The highest BCUT2D eigenvalue weighted by Gasteiger charge is 2.42. The van der Waals surface area contributed by atoms with Crippen LogP contribution in [0.1, 0.15) is 38.5 Å². The van der Waals surface area contributed by atoms with Crippen LogP contribution in [0.5, 0.6) is 0 Å². The summed E-state index contributed by atoms with van der Waals surface area (Å²) in [6.45, 7) is 1.20. The van der Waals surface area contributed by atoms with E-state index in [0.29, 0.717) is 13.2 Å². The largest absolute Gasteiger partial charge is 0.481 e. The topological polar surface area (TPSA) is 105 Å². The van der Waals surface area contributed by atoms with Crippen molar-refractivity contribution < 1.29 is 24.2 Å². The van der Waals surface area contributed by atoms with Crippen molar-refractivity contribution in [3.8, 4) is 0 Å². The number of amides is 3. The summed E-state index contributed by atoms with van der Waals surface area (Å²) in [4.78, 5) is 33.2. The first-order chi connectivity index (χ1) is 9.47. The molecular formula is C13H22N2O5. The van der Waals surface area contributed by atoms with Crippen LogP contribution < -0.4 is 10.6 Å². The second-order valence-electron chi connectivity index (χ2n) is 5.22. The lowest BCUT2D eigenvalue weighted by atomic mass is 10.0. The molecule has 1 fully saturated rings. The van der Waals surface area contributed by atoms with Crippen LogP contribution in [0.15, 0.2) is 0 Å². The minimum Gasteiger partial charge on any atom is -0.481 e. The minimum absolute atomic E-state index is 0.0362. The van der Waals surface area contributed by atoms with Gasteiger partial charge in [0.25, 0.3) is 0 Å². The second-order valence-corrected chi connectivity index (χ2v) is 5.22. The first-order valence-corrected chi connectivity index (χ1v) is 6.76. The Labute approximate surface area is 118 Å². The van der Waals surface area contributed by atoms with Crippen molar-refractivity contribution in [2.24, 2.45) is 5.41 Å². The SMILES string of the molecule is COCCC1(CNC(=O)NC(=O)CCCC(=O)O)CC1. The van der Waals surface area contributed by atoms with E-state index >= 15 is 0 Å². The van der Waals surface area contributed by atoms with Crippen molar-refractivity contribution >= 4 is 17.9 Å². The average molecular weight is 286 g/mol. The number of hydrogen-bond acceptors (Lipinski definition) is 4. The number of aliphatic carboxylic acids is 1. The third kappa shape index (κ3) is 6.51.